The van der Waals surface area contributed by atoms with E-state index in [0.717, 1.165) is 11.3 Å². The van der Waals surface area contributed by atoms with Gasteiger partial charge in [-0.05, 0) is 30.2 Å². The van der Waals surface area contributed by atoms with Gasteiger partial charge in [-0.3, -0.25) is 0 Å². The van der Waals surface area contributed by atoms with Gasteiger partial charge in [0.05, 0.1) is 16.3 Å². The molecule has 3 nitrogen and oxygen atoms in total. The van der Waals surface area contributed by atoms with Crippen molar-refractivity contribution in [2.24, 2.45) is 0 Å². The number of hydrogen-bond acceptors (Lipinski definition) is 2. The molecule has 0 unspecified atom stereocenters. The minimum Gasteiger partial charge on any atom is -0.478 e. The third-order valence-electron chi connectivity index (χ3n) is 2.87. The Kier molecular flexibility index (Phi) is 4.07. The van der Waals surface area contributed by atoms with E-state index in [-0.39, 0.29) is 5.56 Å². The first-order valence-corrected chi connectivity index (χ1v) is 6.27. The van der Waals surface area contributed by atoms with Crippen molar-refractivity contribution < 1.29 is 9.90 Å². The zero-order valence-corrected chi connectivity index (χ0v) is 11.2. The van der Waals surface area contributed by atoms with Crippen LogP contribution >= 0.6 is 11.6 Å². The van der Waals surface area contributed by atoms with Crippen molar-refractivity contribution in [3.63, 3.8) is 0 Å². The van der Waals surface area contributed by atoms with Gasteiger partial charge in [-0.2, -0.15) is 0 Å². The normalized spacial score (nSPS) is 10.2. The van der Waals surface area contributed by atoms with E-state index >= 15 is 0 Å². The molecule has 2 N–H and O–H groups in total. The largest absolute Gasteiger partial charge is 0.478 e. The predicted molar refractivity (Wildman–Crippen MR) is 76.9 cm³/mol. The van der Waals surface area contributed by atoms with Crippen molar-refractivity contribution >= 4 is 23.3 Å². The molecule has 0 saturated heterocycles. The minimum absolute atomic E-state index is 0.232. The average Bonchev–Trinajstić information content (AvgIpc) is 2.40. The van der Waals surface area contributed by atoms with Crippen LogP contribution in [0.2, 0.25) is 5.02 Å². The number of benzene rings is 2. The maximum absolute atomic E-state index is 11.0. The SMILES string of the molecule is Cc1cc(NCc2ccccc2)c(Cl)cc1C(=O)O. The maximum atomic E-state index is 11.0. The Morgan fingerprint density at radius 1 is 1.26 bits per heavy atom. The number of halogens is 1. The molecule has 2 aromatic rings. The molecular weight excluding hydrogens is 262 g/mol. The van der Waals surface area contributed by atoms with Gasteiger partial charge in [-0.25, -0.2) is 4.79 Å². The molecule has 0 fully saturated rings. The highest BCUT2D eigenvalue weighted by Crippen LogP contribution is 2.26. The molecule has 0 aliphatic rings. The van der Waals surface area contributed by atoms with Crippen molar-refractivity contribution in [3.05, 3.63) is 64.2 Å². The van der Waals surface area contributed by atoms with Gasteiger partial charge in [0, 0.05) is 6.54 Å². The van der Waals surface area contributed by atoms with Crippen LogP contribution in [0.25, 0.3) is 0 Å². The Morgan fingerprint density at radius 3 is 2.58 bits per heavy atom. The highest BCUT2D eigenvalue weighted by atomic mass is 35.5. The second-order valence-corrected chi connectivity index (χ2v) is 4.70. The molecule has 98 valence electrons. The predicted octanol–water partition coefficient (Wildman–Crippen LogP) is 3.96. The maximum Gasteiger partial charge on any atom is 0.336 e. The average molecular weight is 276 g/mol. The lowest BCUT2D eigenvalue weighted by atomic mass is 10.1. The summed E-state index contributed by atoms with van der Waals surface area (Å²) in [4.78, 5) is 11.0. The summed E-state index contributed by atoms with van der Waals surface area (Å²) in [6.45, 7) is 2.40. The molecule has 0 bridgehead atoms. The van der Waals surface area contributed by atoms with Gasteiger partial charge >= 0.3 is 5.97 Å². The van der Waals surface area contributed by atoms with Gasteiger partial charge in [0.25, 0.3) is 0 Å². The van der Waals surface area contributed by atoms with E-state index < -0.39 is 5.97 Å². The molecule has 0 amide bonds. The van der Waals surface area contributed by atoms with Gasteiger partial charge in [-0.15, -0.1) is 0 Å². The molecule has 2 aromatic carbocycles. The Hall–Kier alpha value is -2.00. The van der Waals surface area contributed by atoms with Crippen LogP contribution in [0.1, 0.15) is 21.5 Å². The Balaban J connectivity index is 2.17. The fraction of sp³-hybridized carbons (Fsp3) is 0.133. The third-order valence-corrected chi connectivity index (χ3v) is 3.18. The molecule has 0 aromatic heterocycles. The summed E-state index contributed by atoms with van der Waals surface area (Å²) in [7, 11) is 0. The number of hydrogen-bond donors (Lipinski definition) is 2. The fourth-order valence-corrected chi connectivity index (χ4v) is 2.07. The third kappa shape index (κ3) is 3.26. The Morgan fingerprint density at radius 2 is 1.95 bits per heavy atom. The van der Waals surface area contributed by atoms with Crippen LogP contribution < -0.4 is 5.32 Å². The summed E-state index contributed by atoms with van der Waals surface area (Å²) < 4.78 is 0. The van der Waals surface area contributed by atoms with Crippen molar-refractivity contribution in [2.45, 2.75) is 13.5 Å². The van der Waals surface area contributed by atoms with Crippen molar-refractivity contribution in [3.8, 4) is 0 Å². The molecule has 4 heteroatoms. The molecule has 0 saturated carbocycles. The van der Waals surface area contributed by atoms with Gasteiger partial charge in [0.15, 0.2) is 0 Å². The zero-order chi connectivity index (χ0) is 13.8. The summed E-state index contributed by atoms with van der Waals surface area (Å²) in [6.07, 6.45) is 0. The summed E-state index contributed by atoms with van der Waals surface area (Å²) in [6, 6.07) is 13.2. The first-order chi connectivity index (χ1) is 9.08. The van der Waals surface area contributed by atoms with Gasteiger partial charge < -0.3 is 10.4 Å². The first-order valence-electron chi connectivity index (χ1n) is 5.89. The van der Waals surface area contributed by atoms with Crippen molar-refractivity contribution in [1.82, 2.24) is 0 Å². The lowest BCUT2D eigenvalue weighted by Gasteiger charge is -2.11. The smallest absolute Gasteiger partial charge is 0.336 e. The van der Waals surface area contributed by atoms with Crippen molar-refractivity contribution in [2.75, 3.05) is 5.32 Å². The quantitative estimate of drug-likeness (QED) is 0.888. The second kappa shape index (κ2) is 5.76. The molecule has 0 atom stereocenters. The number of carboxylic acids is 1. The Labute approximate surface area is 116 Å². The number of rotatable bonds is 4. The van der Waals surface area contributed by atoms with E-state index in [1.165, 1.54) is 6.07 Å². The molecule has 0 spiro atoms. The van der Waals surface area contributed by atoms with E-state index in [1.54, 1.807) is 13.0 Å². The van der Waals surface area contributed by atoms with Crippen LogP contribution in [0.4, 0.5) is 5.69 Å². The number of carboxylic acid groups (broad SMARTS) is 1. The molecule has 2 rings (SSSR count). The van der Waals surface area contributed by atoms with Crippen LogP contribution in [0.15, 0.2) is 42.5 Å². The standard InChI is InChI=1S/C15H14ClNO2/c1-10-7-14(13(16)8-12(10)15(18)19)17-9-11-5-3-2-4-6-11/h2-8,17H,9H2,1H3,(H,18,19). The van der Waals surface area contributed by atoms with Crippen LogP contribution in [-0.2, 0) is 6.54 Å². The summed E-state index contributed by atoms with van der Waals surface area (Å²) >= 11 is 6.09. The molecular formula is C15H14ClNO2. The van der Waals surface area contributed by atoms with E-state index in [1.807, 2.05) is 30.3 Å². The summed E-state index contributed by atoms with van der Waals surface area (Å²) in [5.74, 6) is -0.964. The lowest BCUT2D eigenvalue weighted by Crippen LogP contribution is -2.04. The molecule has 0 aliphatic carbocycles. The number of aryl methyl sites for hydroxylation is 1. The summed E-state index contributed by atoms with van der Waals surface area (Å²) in [5, 5.41) is 12.6. The molecule has 0 heterocycles. The van der Waals surface area contributed by atoms with E-state index in [9.17, 15) is 4.79 Å². The molecule has 0 aliphatic heterocycles. The van der Waals surface area contributed by atoms with Crippen molar-refractivity contribution in [1.29, 1.82) is 0 Å². The first kappa shape index (κ1) is 13.4. The molecule has 19 heavy (non-hydrogen) atoms. The van der Waals surface area contributed by atoms with Gasteiger partial charge in [-0.1, -0.05) is 41.9 Å². The number of nitrogens with one attached hydrogen (secondary N) is 1. The highest BCUT2D eigenvalue weighted by Gasteiger charge is 2.11. The van der Waals surface area contributed by atoms with Crippen LogP contribution in [0, 0.1) is 6.92 Å². The summed E-state index contributed by atoms with van der Waals surface area (Å²) in [5.41, 5.74) is 2.80. The van der Waals surface area contributed by atoms with E-state index in [2.05, 4.69) is 5.32 Å². The van der Waals surface area contributed by atoms with Crippen LogP contribution in [-0.4, -0.2) is 11.1 Å². The zero-order valence-electron chi connectivity index (χ0n) is 10.5. The van der Waals surface area contributed by atoms with Gasteiger partial charge in [0.1, 0.15) is 0 Å². The van der Waals surface area contributed by atoms with Crippen LogP contribution in [0.5, 0.6) is 0 Å². The number of aromatic carboxylic acids is 1. The van der Waals surface area contributed by atoms with Crippen LogP contribution in [0.3, 0.4) is 0 Å². The second-order valence-electron chi connectivity index (χ2n) is 4.29. The lowest BCUT2D eigenvalue weighted by molar-refractivity contribution is 0.0696. The minimum atomic E-state index is -0.964. The molecule has 0 radical (unpaired) electrons. The van der Waals surface area contributed by atoms with E-state index in [4.69, 9.17) is 16.7 Å². The number of carbonyl (C=O) groups is 1. The fourth-order valence-electron chi connectivity index (χ4n) is 1.84. The van der Waals surface area contributed by atoms with Gasteiger partial charge in [0.2, 0.25) is 0 Å². The monoisotopic (exact) mass is 275 g/mol. The number of anilines is 1. The Bertz CT molecular complexity index is 597. The van der Waals surface area contributed by atoms with E-state index in [0.29, 0.717) is 17.1 Å². The topological polar surface area (TPSA) is 49.3 Å². The highest BCUT2D eigenvalue weighted by molar-refractivity contribution is 6.33.